The third-order valence-corrected chi connectivity index (χ3v) is 7.52. The van der Waals surface area contributed by atoms with E-state index in [-0.39, 0.29) is 17.5 Å². The molecule has 39 heavy (non-hydrogen) atoms. The summed E-state index contributed by atoms with van der Waals surface area (Å²) in [5, 5.41) is 7.60. The van der Waals surface area contributed by atoms with Gasteiger partial charge in [0.05, 0.1) is 22.9 Å². The molecule has 14 heteroatoms. The van der Waals surface area contributed by atoms with Crippen LogP contribution in [-0.2, 0) is 6.54 Å². The average Bonchev–Trinajstić information content (AvgIpc) is 3.64. The van der Waals surface area contributed by atoms with Crippen molar-refractivity contribution in [2.75, 3.05) is 56.1 Å². The second kappa shape index (κ2) is 13.8. The lowest BCUT2D eigenvalue weighted by Crippen LogP contribution is -2.32. The Kier molecular flexibility index (Phi) is 10.7. The molecule has 1 atom stereocenters. The molecule has 2 aliphatic heterocycles. The lowest BCUT2D eigenvalue weighted by Gasteiger charge is -2.26. The van der Waals surface area contributed by atoms with Crippen LogP contribution in [0.4, 0.5) is 17.5 Å². The standard InChI is InChI=1S/C10H13N5OS.C10H16N2S.C5H5ClN2O/c11-10-13-6-3-12-9(16)7(6)8(14-10)15-2-1-5(17)4-15;1-11(2)12(3)9-6-5-7-10(8-9)13-4;6-3-1-2-8-4(3)5(7)9/h5,17H,1-4H2,(H,12,16)(H2,11,13,14);5-8H,1-4H3;1-2,8H,(H2,7,9). The van der Waals surface area contributed by atoms with Gasteiger partial charge in [-0.1, -0.05) is 17.7 Å². The molecule has 0 saturated carbocycles. The van der Waals surface area contributed by atoms with Crippen molar-refractivity contribution in [3.63, 3.8) is 0 Å². The van der Waals surface area contributed by atoms with Crippen LogP contribution in [0.5, 0.6) is 0 Å². The molecule has 2 amide bonds. The van der Waals surface area contributed by atoms with Crippen molar-refractivity contribution >= 4 is 65.3 Å². The minimum absolute atomic E-state index is 0.113. The first-order valence-corrected chi connectivity index (χ1v) is 14.2. The highest BCUT2D eigenvalue weighted by molar-refractivity contribution is 7.98. The molecule has 1 saturated heterocycles. The predicted molar refractivity (Wildman–Crippen MR) is 162 cm³/mol. The van der Waals surface area contributed by atoms with Gasteiger partial charge in [0, 0.05) is 50.6 Å². The number of fused-ring (bicyclic) bond motifs is 1. The Hall–Kier alpha value is -3.13. The van der Waals surface area contributed by atoms with Crippen LogP contribution in [0.25, 0.3) is 0 Å². The quantitative estimate of drug-likeness (QED) is 0.171. The molecule has 1 unspecified atom stereocenters. The summed E-state index contributed by atoms with van der Waals surface area (Å²) in [6, 6.07) is 10.1. The number of carbonyl (C=O) groups is 2. The minimum atomic E-state index is -0.537. The Balaban J connectivity index is 0.000000171. The molecule has 3 aromatic rings. The number of hydrazine groups is 1. The number of benzene rings is 1. The first-order chi connectivity index (χ1) is 18.5. The van der Waals surface area contributed by atoms with E-state index >= 15 is 0 Å². The number of aromatic amines is 1. The number of carbonyl (C=O) groups excluding carboxylic acids is 2. The van der Waals surface area contributed by atoms with E-state index in [4.69, 9.17) is 23.1 Å². The van der Waals surface area contributed by atoms with E-state index in [2.05, 4.69) is 85.4 Å². The maximum atomic E-state index is 11.8. The zero-order valence-corrected chi connectivity index (χ0v) is 24.8. The fourth-order valence-corrected chi connectivity index (χ4v) is 4.85. The number of amides is 2. The largest absolute Gasteiger partial charge is 0.368 e. The molecule has 1 fully saturated rings. The van der Waals surface area contributed by atoms with Gasteiger partial charge in [-0.15, -0.1) is 11.8 Å². The topological polar surface area (TPSA) is 150 Å². The van der Waals surface area contributed by atoms with E-state index in [9.17, 15) is 9.59 Å². The number of nitrogens with two attached hydrogens (primary N) is 2. The van der Waals surface area contributed by atoms with Gasteiger partial charge < -0.3 is 31.7 Å². The van der Waals surface area contributed by atoms with Gasteiger partial charge in [0.1, 0.15) is 17.1 Å². The Labute approximate surface area is 243 Å². The number of thiol groups is 1. The van der Waals surface area contributed by atoms with Crippen molar-refractivity contribution in [3.05, 3.63) is 58.5 Å². The van der Waals surface area contributed by atoms with E-state index in [1.54, 1.807) is 24.0 Å². The van der Waals surface area contributed by atoms with Gasteiger partial charge in [0.25, 0.3) is 11.8 Å². The summed E-state index contributed by atoms with van der Waals surface area (Å²) in [5.74, 6) is 0.222. The number of halogens is 1. The van der Waals surface area contributed by atoms with Gasteiger partial charge in [-0.2, -0.15) is 17.6 Å². The normalized spacial score (nSPS) is 15.6. The summed E-state index contributed by atoms with van der Waals surface area (Å²) in [6.45, 7) is 2.08. The Bertz CT molecular complexity index is 1300. The summed E-state index contributed by atoms with van der Waals surface area (Å²) < 4.78 is 0. The third-order valence-electron chi connectivity index (χ3n) is 6.06. The minimum Gasteiger partial charge on any atom is -0.368 e. The van der Waals surface area contributed by atoms with Gasteiger partial charge in [-0.3, -0.25) is 9.59 Å². The highest BCUT2D eigenvalue weighted by Gasteiger charge is 2.31. The number of rotatable bonds is 5. The van der Waals surface area contributed by atoms with Crippen molar-refractivity contribution in [3.8, 4) is 0 Å². The van der Waals surface area contributed by atoms with Crippen molar-refractivity contribution in [2.24, 2.45) is 5.73 Å². The molecular formula is C25H34ClN9O2S2. The number of H-pyrrole nitrogens is 1. The summed E-state index contributed by atoms with van der Waals surface area (Å²) >= 11 is 11.7. The van der Waals surface area contributed by atoms with Crippen molar-refractivity contribution < 1.29 is 9.59 Å². The fraction of sp³-hybridized carbons (Fsp3) is 0.360. The maximum absolute atomic E-state index is 11.8. The number of nitrogens with zero attached hydrogens (tertiary/aromatic N) is 5. The number of anilines is 3. The number of nitrogen functional groups attached to an aromatic ring is 1. The molecular weight excluding hydrogens is 558 g/mol. The van der Waals surface area contributed by atoms with Crippen molar-refractivity contribution in [1.29, 1.82) is 0 Å². The Morgan fingerprint density at radius 1 is 1.26 bits per heavy atom. The molecule has 0 aliphatic carbocycles. The van der Waals surface area contributed by atoms with Gasteiger partial charge >= 0.3 is 0 Å². The summed E-state index contributed by atoms with van der Waals surface area (Å²) in [6.07, 6.45) is 4.64. The van der Waals surface area contributed by atoms with Crippen LogP contribution in [0.3, 0.4) is 0 Å². The van der Waals surface area contributed by atoms with Crippen LogP contribution in [0.2, 0.25) is 5.02 Å². The lowest BCUT2D eigenvalue weighted by molar-refractivity contribution is 0.0964. The predicted octanol–water partition coefficient (Wildman–Crippen LogP) is 2.90. The molecule has 5 rings (SSSR count). The monoisotopic (exact) mass is 591 g/mol. The molecule has 2 aliphatic rings. The van der Waals surface area contributed by atoms with Crippen LogP contribution >= 0.6 is 36.0 Å². The first kappa shape index (κ1) is 30.4. The molecule has 4 heterocycles. The summed E-state index contributed by atoms with van der Waals surface area (Å²) in [4.78, 5) is 36.4. The van der Waals surface area contributed by atoms with E-state index in [0.29, 0.717) is 33.9 Å². The number of aromatic nitrogens is 3. The molecule has 11 nitrogen and oxygen atoms in total. The zero-order valence-electron chi connectivity index (χ0n) is 22.3. The van der Waals surface area contributed by atoms with E-state index in [1.165, 1.54) is 10.6 Å². The third kappa shape index (κ3) is 7.94. The van der Waals surface area contributed by atoms with E-state index in [0.717, 1.165) is 19.5 Å². The Morgan fingerprint density at radius 3 is 2.54 bits per heavy atom. The number of thioether (sulfide) groups is 1. The maximum Gasteiger partial charge on any atom is 0.266 e. The molecule has 0 spiro atoms. The number of hydrogen-bond donors (Lipinski definition) is 5. The van der Waals surface area contributed by atoms with Crippen molar-refractivity contribution in [2.45, 2.75) is 23.1 Å². The lowest BCUT2D eigenvalue weighted by atomic mass is 10.2. The highest BCUT2D eigenvalue weighted by Crippen LogP contribution is 2.29. The first-order valence-electron chi connectivity index (χ1n) is 12.1. The molecule has 0 radical (unpaired) electrons. The molecule has 0 bridgehead atoms. The van der Waals surface area contributed by atoms with Gasteiger partial charge in [0.2, 0.25) is 5.95 Å². The zero-order chi connectivity index (χ0) is 28.7. The molecule has 2 aromatic heterocycles. The second-order valence-corrected chi connectivity index (χ2v) is 11.0. The second-order valence-electron chi connectivity index (χ2n) is 8.94. The highest BCUT2D eigenvalue weighted by atomic mass is 35.5. The molecule has 1 aromatic carbocycles. The molecule has 6 N–H and O–H groups in total. The van der Waals surface area contributed by atoms with Crippen LogP contribution in [0, 0.1) is 0 Å². The van der Waals surface area contributed by atoms with E-state index < -0.39 is 5.91 Å². The van der Waals surface area contributed by atoms with E-state index in [1.807, 2.05) is 14.1 Å². The number of nitrogens with one attached hydrogen (secondary N) is 2. The number of primary amides is 1. The van der Waals surface area contributed by atoms with Crippen LogP contribution < -0.4 is 26.7 Å². The van der Waals surface area contributed by atoms with Gasteiger partial charge in [-0.05, 0) is 36.9 Å². The smallest absolute Gasteiger partial charge is 0.266 e. The van der Waals surface area contributed by atoms with Gasteiger partial charge in [0.15, 0.2) is 0 Å². The fourth-order valence-electron chi connectivity index (χ4n) is 3.87. The SMILES string of the molecule is CSc1cccc(N(C)N(C)C)c1.NC(=O)c1[nH]ccc1Cl.Nc1nc2c(c(N3CCC(S)C3)n1)C(=O)NC2. The van der Waals surface area contributed by atoms with Crippen LogP contribution in [0.15, 0.2) is 41.4 Å². The average molecular weight is 592 g/mol. The number of hydrogen-bond acceptors (Lipinski definition) is 10. The van der Waals surface area contributed by atoms with Crippen LogP contribution in [-0.4, -0.2) is 77.5 Å². The van der Waals surface area contributed by atoms with Crippen molar-refractivity contribution in [1.82, 2.24) is 25.3 Å². The van der Waals surface area contributed by atoms with Gasteiger partial charge in [-0.25, -0.2) is 9.99 Å². The Morgan fingerprint density at radius 2 is 2.00 bits per heavy atom. The molecule has 210 valence electrons. The van der Waals surface area contributed by atoms with Crippen LogP contribution in [0.1, 0.15) is 33.0 Å². The summed E-state index contributed by atoms with van der Waals surface area (Å²) in [7, 11) is 6.12. The summed E-state index contributed by atoms with van der Waals surface area (Å²) in [5.41, 5.74) is 13.3.